The summed E-state index contributed by atoms with van der Waals surface area (Å²) >= 11 is 0. The summed E-state index contributed by atoms with van der Waals surface area (Å²) in [5.41, 5.74) is 0. The van der Waals surface area contributed by atoms with Gasteiger partial charge in [-0.25, -0.2) is 4.79 Å². The van der Waals surface area contributed by atoms with E-state index in [0.717, 1.165) is 32.2 Å². The zero-order valence-corrected chi connectivity index (χ0v) is 11.0. The minimum Gasteiger partial charge on any atom is -0.335 e. The maximum atomic E-state index is 11.8. The Bertz CT molecular complexity index is 263. The molecule has 2 atom stereocenters. The van der Waals surface area contributed by atoms with Gasteiger partial charge in [0.1, 0.15) is 0 Å². The summed E-state index contributed by atoms with van der Waals surface area (Å²) in [6.45, 7) is 3.30. The Labute approximate surface area is 104 Å². The second-order valence-corrected chi connectivity index (χ2v) is 5.65. The molecule has 2 rings (SSSR count). The van der Waals surface area contributed by atoms with Crippen molar-refractivity contribution in [3.05, 3.63) is 0 Å². The lowest BCUT2D eigenvalue weighted by Gasteiger charge is -2.35. The molecule has 1 heterocycles. The molecule has 2 N–H and O–H groups in total. The molecule has 0 aromatic heterocycles. The molecule has 1 saturated heterocycles. The second kappa shape index (κ2) is 5.71. The highest BCUT2D eigenvalue weighted by Gasteiger charge is 2.25. The van der Waals surface area contributed by atoms with Crippen molar-refractivity contribution in [3.8, 4) is 0 Å². The van der Waals surface area contributed by atoms with E-state index in [9.17, 15) is 4.79 Å². The van der Waals surface area contributed by atoms with E-state index in [-0.39, 0.29) is 6.03 Å². The van der Waals surface area contributed by atoms with E-state index in [4.69, 9.17) is 0 Å². The van der Waals surface area contributed by atoms with Crippen LogP contribution in [0.2, 0.25) is 0 Å². The fraction of sp³-hybridized carbons (Fsp3) is 0.923. The van der Waals surface area contributed by atoms with Crippen molar-refractivity contribution in [1.29, 1.82) is 0 Å². The number of amides is 2. The number of carbonyl (C=O) groups is 1. The Kier molecular flexibility index (Phi) is 4.26. The number of hydrogen-bond donors (Lipinski definition) is 2. The minimum atomic E-state index is 0.0404. The molecule has 0 radical (unpaired) electrons. The molecular formula is C13H25N3O. The molecule has 2 aliphatic rings. The van der Waals surface area contributed by atoms with Crippen molar-refractivity contribution in [1.82, 2.24) is 15.5 Å². The number of nitrogens with zero attached hydrogens (tertiary/aromatic N) is 1. The van der Waals surface area contributed by atoms with Crippen molar-refractivity contribution in [3.63, 3.8) is 0 Å². The first-order chi connectivity index (χ1) is 8.15. The van der Waals surface area contributed by atoms with Crippen LogP contribution in [0.4, 0.5) is 4.79 Å². The molecule has 2 fully saturated rings. The van der Waals surface area contributed by atoms with Crippen molar-refractivity contribution in [2.24, 2.45) is 0 Å². The van der Waals surface area contributed by atoms with Gasteiger partial charge < -0.3 is 15.5 Å². The largest absolute Gasteiger partial charge is 0.335 e. The molecule has 1 aliphatic carbocycles. The number of rotatable bonds is 2. The summed E-state index contributed by atoms with van der Waals surface area (Å²) in [4.78, 5) is 14.2. The van der Waals surface area contributed by atoms with Gasteiger partial charge in [-0.3, -0.25) is 0 Å². The lowest BCUT2D eigenvalue weighted by Crippen LogP contribution is -2.51. The Morgan fingerprint density at radius 2 is 1.76 bits per heavy atom. The lowest BCUT2D eigenvalue weighted by atomic mass is 9.99. The Morgan fingerprint density at radius 1 is 1.12 bits per heavy atom. The zero-order chi connectivity index (χ0) is 12.3. The lowest BCUT2D eigenvalue weighted by molar-refractivity contribution is 0.167. The maximum absolute atomic E-state index is 11.8. The summed E-state index contributed by atoms with van der Waals surface area (Å²) in [5.74, 6) is 0. The van der Waals surface area contributed by atoms with E-state index in [1.54, 1.807) is 0 Å². The van der Waals surface area contributed by atoms with Gasteiger partial charge in [-0.2, -0.15) is 0 Å². The molecule has 0 aromatic carbocycles. The summed E-state index contributed by atoms with van der Waals surface area (Å²) in [6, 6.07) is 1.38. The maximum Gasteiger partial charge on any atom is 0.315 e. The number of nitrogens with one attached hydrogen (secondary N) is 2. The highest BCUT2D eigenvalue weighted by atomic mass is 16.2. The third-order valence-corrected chi connectivity index (χ3v) is 4.23. The molecule has 17 heavy (non-hydrogen) atoms. The average Bonchev–Trinajstić information content (AvgIpc) is 2.76. The van der Waals surface area contributed by atoms with Gasteiger partial charge in [0.25, 0.3) is 0 Å². The van der Waals surface area contributed by atoms with Crippen molar-refractivity contribution in [2.45, 2.75) is 63.6 Å². The van der Waals surface area contributed by atoms with Crippen LogP contribution in [0.1, 0.15) is 45.4 Å². The van der Waals surface area contributed by atoms with Gasteiger partial charge in [0.2, 0.25) is 0 Å². The first-order valence-electron chi connectivity index (χ1n) is 6.92. The van der Waals surface area contributed by atoms with Crippen LogP contribution in [0.15, 0.2) is 0 Å². The summed E-state index contributed by atoms with van der Waals surface area (Å²) in [7, 11) is 2.15. The van der Waals surface area contributed by atoms with Gasteiger partial charge in [0, 0.05) is 24.7 Å². The zero-order valence-electron chi connectivity index (χ0n) is 11.0. The molecule has 2 unspecified atom stereocenters. The van der Waals surface area contributed by atoms with Crippen LogP contribution in [0.3, 0.4) is 0 Å². The molecule has 0 bridgehead atoms. The standard InChI is InChI=1S/C13H25N3O/c1-10-9-12(7-8-16(10)2)15-13(17)14-11-5-3-4-6-11/h10-12H,3-9H2,1-2H3,(H2,14,15,17). The van der Waals surface area contributed by atoms with Crippen LogP contribution >= 0.6 is 0 Å². The fourth-order valence-electron chi connectivity index (χ4n) is 2.90. The van der Waals surface area contributed by atoms with E-state index >= 15 is 0 Å². The second-order valence-electron chi connectivity index (χ2n) is 5.65. The molecule has 0 aromatic rings. The molecule has 98 valence electrons. The van der Waals surface area contributed by atoms with Crippen LogP contribution in [0.5, 0.6) is 0 Å². The van der Waals surface area contributed by atoms with Crippen LogP contribution in [-0.4, -0.2) is 42.6 Å². The number of likely N-dealkylation sites (tertiary alicyclic amines) is 1. The number of urea groups is 1. The van der Waals surface area contributed by atoms with Gasteiger partial charge in [-0.05, 0) is 39.7 Å². The van der Waals surface area contributed by atoms with Crippen LogP contribution in [0.25, 0.3) is 0 Å². The first-order valence-corrected chi connectivity index (χ1v) is 6.92. The SMILES string of the molecule is CC1CC(NC(=O)NC2CCCC2)CCN1C. The Balaban J connectivity index is 1.71. The van der Waals surface area contributed by atoms with E-state index < -0.39 is 0 Å². The van der Waals surface area contributed by atoms with Gasteiger partial charge in [-0.15, -0.1) is 0 Å². The predicted octanol–water partition coefficient (Wildman–Crippen LogP) is 1.71. The molecule has 1 aliphatic heterocycles. The highest BCUT2D eigenvalue weighted by Crippen LogP contribution is 2.18. The first kappa shape index (κ1) is 12.7. The van der Waals surface area contributed by atoms with Gasteiger partial charge in [0.05, 0.1) is 0 Å². The van der Waals surface area contributed by atoms with Crippen LogP contribution < -0.4 is 10.6 Å². The van der Waals surface area contributed by atoms with Crippen molar-refractivity contribution in [2.75, 3.05) is 13.6 Å². The number of carbonyl (C=O) groups excluding carboxylic acids is 1. The smallest absolute Gasteiger partial charge is 0.315 e. The average molecular weight is 239 g/mol. The van der Waals surface area contributed by atoms with Crippen LogP contribution in [-0.2, 0) is 0 Å². The van der Waals surface area contributed by atoms with E-state index in [2.05, 4.69) is 29.5 Å². The topological polar surface area (TPSA) is 44.4 Å². The molecule has 4 nitrogen and oxygen atoms in total. The van der Waals surface area contributed by atoms with E-state index in [1.807, 2.05) is 0 Å². The van der Waals surface area contributed by atoms with Gasteiger partial charge >= 0.3 is 6.03 Å². The minimum absolute atomic E-state index is 0.0404. The molecular weight excluding hydrogens is 214 g/mol. The molecule has 0 spiro atoms. The van der Waals surface area contributed by atoms with Crippen molar-refractivity contribution >= 4 is 6.03 Å². The van der Waals surface area contributed by atoms with Gasteiger partial charge in [0.15, 0.2) is 0 Å². The monoisotopic (exact) mass is 239 g/mol. The van der Waals surface area contributed by atoms with Crippen LogP contribution in [0, 0.1) is 0 Å². The third-order valence-electron chi connectivity index (χ3n) is 4.23. The quantitative estimate of drug-likeness (QED) is 0.770. The summed E-state index contributed by atoms with van der Waals surface area (Å²) < 4.78 is 0. The van der Waals surface area contributed by atoms with E-state index in [0.29, 0.717) is 18.1 Å². The normalized spacial score (nSPS) is 31.4. The fourth-order valence-corrected chi connectivity index (χ4v) is 2.90. The van der Waals surface area contributed by atoms with Crippen molar-refractivity contribution < 1.29 is 4.79 Å². The summed E-state index contributed by atoms with van der Waals surface area (Å²) in [6.07, 6.45) is 6.95. The number of piperidine rings is 1. The Morgan fingerprint density at radius 3 is 2.41 bits per heavy atom. The Hall–Kier alpha value is -0.770. The van der Waals surface area contributed by atoms with E-state index in [1.165, 1.54) is 12.8 Å². The molecule has 4 heteroatoms. The van der Waals surface area contributed by atoms with Gasteiger partial charge in [-0.1, -0.05) is 12.8 Å². The highest BCUT2D eigenvalue weighted by molar-refractivity contribution is 5.74. The third kappa shape index (κ3) is 3.60. The molecule has 1 saturated carbocycles. The summed E-state index contributed by atoms with van der Waals surface area (Å²) in [5, 5.41) is 6.21. The number of hydrogen-bond acceptors (Lipinski definition) is 2. The molecule has 2 amide bonds. The predicted molar refractivity (Wildman–Crippen MR) is 69.0 cm³/mol.